The van der Waals surface area contributed by atoms with E-state index in [1.54, 1.807) is 81.4 Å². The van der Waals surface area contributed by atoms with Crippen LogP contribution in [0.1, 0.15) is 53.4 Å². The number of hydrogen-bond acceptors (Lipinski definition) is 8. The van der Waals surface area contributed by atoms with E-state index < -0.39 is 28.3 Å². The van der Waals surface area contributed by atoms with Crippen LogP contribution in [0.2, 0.25) is 0 Å². The molecule has 0 spiro atoms. The third kappa shape index (κ3) is 8.01. The van der Waals surface area contributed by atoms with E-state index in [-0.39, 0.29) is 24.4 Å². The number of amides is 1. The quantitative estimate of drug-likeness (QED) is 0.0862. The summed E-state index contributed by atoms with van der Waals surface area (Å²) >= 11 is 0. The number of nitrogens with zero attached hydrogens (tertiary/aromatic N) is 4. The lowest BCUT2D eigenvalue weighted by molar-refractivity contribution is -0.384. The summed E-state index contributed by atoms with van der Waals surface area (Å²) in [6, 6.07) is 36.8. The van der Waals surface area contributed by atoms with Crippen molar-refractivity contribution >= 4 is 23.4 Å². The van der Waals surface area contributed by atoms with Crippen molar-refractivity contribution in [2.45, 2.75) is 39.5 Å². The maximum Gasteiger partial charge on any atom is 0.415 e. The molecule has 10 heteroatoms. The molecule has 0 saturated heterocycles. The van der Waals surface area contributed by atoms with E-state index in [2.05, 4.69) is 12.1 Å². The van der Waals surface area contributed by atoms with Crippen LogP contribution in [-0.4, -0.2) is 22.6 Å². The average Bonchev–Trinajstić information content (AvgIpc) is 3.12. The molecule has 0 aliphatic heterocycles. The van der Waals surface area contributed by atoms with Crippen molar-refractivity contribution in [3.63, 3.8) is 0 Å². The van der Waals surface area contributed by atoms with Crippen molar-refractivity contribution in [1.29, 1.82) is 10.5 Å². The number of hydrogen-bond donors (Lipinski definition) is 0. The molecule has 50 heavy (non-hydrogen) atoms. The number of esters is 1. The summed E-state index contributed by atoms with van der Waals surface area (Å²) in [6.07, 6.45) is -0.895. The van der Waals surface area contributed by atoms with Crippen molar-refractivity contribution < 1.29 is 24.0 Å². The zero-order valence-electron chi connectivity index (χ0n) is 27.6. The number of para-hydroxylation sites is 1. The van der Waals surface area contributed by atoms with Crippen LogP contribution in [0.5, 0.6) is 0 Å². The van der Waals surface area contributed by atoms with Gasteiger partial charge < -0.3 is 9.47 Å². The minimum absolute atomic E-state index is 0.154. The van der Waals surface area contributed by atoms with Crippen molar-refractivity contribution in [2.75, 3.05) is 4.90 Å². The molecule has 0 fully saturated rings. The fourth-order valence-corrected chi connectivity index (χ4v) is 5.32. The summed E-state index contributed by atoms with van der Waals surface area (Å²) in [5.74, 6) is -0.875. The summed E-state index contributed by atoms with van der Waals surface area (Å²) in [5.41, 5.74) is 3.45. The van der Waals surface area contributed by atoms with Crippen LogP contribution in [0.4, 0.5) is 16.2 Å². The molecule has 0 bridgehead atoms. The number of rotatable bonds is 9. The van der Waals surface area contributed by atoms with Crippen LogP contribution in [0, 0.1) is 32.8 Å². The second-order valence-corrected chi connectivity index (χ2v) is 12.3. The minimum Gasteiger partial charge on any atom is -0.457 e. The van der Waals surface area contributed by atoms with Crippen LogP contribution < -0.4 is 4.90 Å². The van der Waals surface area contributed by atoms with Gasteiger partial charge in [0.25, 0.3) is 5.69 Å². The molecule has 0 aromatic heterocycles. The van der Waals surface area contributed by atoms with E-state index in [0.717, 1.165) is 27.2 Å². The molecule has 5 rings (SSSR count). The van der Waals surface area contributed by atoms with Gasteiger partial charge in [-0.1, -0.05) is 91.0 Å². The number of ether oxygens (including phenoxy) is 2. The van der Waals surface area contributed by atoms with E-state index in [9.17, 15) is 30.2 Å². The standard InChI is InChI=1S/C40H32N4O6/c1-40(2,3)50-39(46)43(25-27-15-19-29(20-16-27)33-11-6-4-9-31(33)23-41)37-35(13-8-14-36(37)44(47)48)38(45)49-26-28-17-21-30(22-18-28)34-12-7-5-10-32(34)24-42/h4-22H,25-26H2,1-3H3. The Hall–Kier alpha value is -6.78. The number of anilines is 1. The molecule has 248 valence electrons. The lowest BCUT2D eigenvalue weighted by atomic mass is 9.99. The fourth-order valence-electron chi connectivity index (χ4n) is 5.32. The predicted molar refractivity (Wildman–Crippen MR) is 188 cm³/mol. The molecular weight excluding hydrogens is 632 g/mol. The molecule has 0 atom stereocenters. The highest BCUT2D eigenvalue weighted by molar-refractivity contribution is 6.03. The first-order valence-electron chi connectivity index (χ1n) is 15.6. The highest BCUT2D eigenvalue weighted by Gasteiger charge is 2.33. The highest BCUT2D eigenvalue weighted by atomic mass is 16.6. The van der Waals surface area contributed by atoms with Crippen LogP contribution in [0.3, 0.4) is 0 Å². The lowest BCUT2D eigenvalue weighted by Gasteiger charge is -2.28. The van der Waals surface area contributed by atoms with Crippen molar-refractivity contribution in [3.05, 3.63) is 153 Å². The number of nitriles is 2. The van der Waals surface area contributed by atoms with Gasteiger partial charge in [0.2, 0.25) is 0 Å². The van der Waals surface area contributed by atoms with Crippen LogP contribution in [0.15, 0.2) is 115 Å². The first-order chi connectivity index (χ1) is 24.0. The van der Waals surface area contributed by atoms with Crippen molar-refractivity contribution in [3.8, 4) is 34.4 Å². The fraction of sp³-hybridized carbons (Fsp3) is 0.150. The Labute approximate surface area is 289 Å². The summed E-state index contributed by atoms with van der Waals surface area (Å²) in [6.45, 7) is 4.68. The monoisotopic (exact) mass is 664 g/mol. The van der Waals surface area contributed by atoms with E-state index in [4.69, 9.17) is 9.47 Å². The molecule has 0 aliphatic carbocycles. The van der Waals surface area contributed by atoms with E-state index in [1.807, 2.05) is 36.4 Å². The number of carbonyl (C=O) groups is 2. The summed E-state index contributed by atoms with van der Waals surface area (Å²) in [7, 11) is 0. The third-order valence-corrected chi connectivity index (χ3v) is 7.65. The molecule has 0 saturated carbocycles. The smallest absolute Gasteiger partial charge is 0.415 e. The van der Waals surface area contributed by atoms with E-state index in [0.29, 0.717) is 22.3 Å². The Morgan fingerprint density at radius 2 is 1.26 bits per heavy atom. The molecule has 0 heterocycles. The zero-order valence-corrected chi connectivity index (χ0v) is 27.6. The largest absolute Gasteiger partial charge is 0.457 e. The van der Waals surface area contributed by atoms with E-state index >= 15 is 0 Å². The maximum absolute atomic E-state index is 13.7. The Balaban J connectivity index is 1.46. The van der Waals surface area contributed by atoms with Gasteiger partial charge in [0.05, 0.1) is 40.3 Å². The van der Waals surface area contributed by atoms with Crippen LogP contribution in [0.25, 0.3) is 22.3 Å². The molecule has 10 nitrogen and oxygen atoms in total. The molecule has 5 aromatic rings. The molecular formula is C40H32N4O6. The molecule has 0 N–H and O–H groups in total. The van der Waals surface area contributed by atoms with Gasteiger partial charge in [-0.25, -0.2) is 9.59 Å². The van der Waals surface area contributed by atoms with Gasteiger partial charge in [-0.3, -0.25) is 15.0 Å². The van der Waals surface area contributed by atoms with Gasteiger partial charge in [0.1, 0.15) is 17.9 Å². The topological polar surface area (TPSA) is 147 Å². The summed E-state index contributed by atoms with van der Waals surface area (Å²) in [4.78, 5) is 40.1. The summed E-state index contributed by atoms with van der Waals surface area (Å²) < 4.78 is 11.3. The molecule has 0 unspecified atom stereocenters. The number of nitro benzene ring substituents is 1. The second kappa shape index (κ2) is 15.0. The molecule has 0 aliphatic rings. The molecule has 0 radical (unpaired) electrons. The van der Waals surface area contributed by atoms with Crippen molar-refractivity contribution in [2.24, 2.45) is 0 Å². The first kappa shape index (κ1) is 34.6. The molecule has 1 amide bonds. The van der Waals surface area contributed by atoms with Crippen LogP contribution >= 0.6 is 0 Å². The normalized spacial score (nSPS) is 10.7. The third-order valence-electron chi connectivity index (χ3n) is 7.65. The minimum atomic E-state index is -0.954. The van der Waals surface area contributed by atoms with Gasteiger partial charge in [-0.05, 0) is 72.4 Å². The van der Waals surface area contributed by atoms with Gasteiger partial charge >= 0.3 is 12.1 Å². The van der Waals surface area contributed by atoms with Gasteiger partial charge in [-0.15, -0.1) is 0 Å². The Kier molecular flexibility index (Phi) is 10.3. The number of benzene rings is 5. The highest BCUT2D eigenvalue weighted by Crippen LogP contribution is 2.36. The van der Waals surface area contributed by atoms with Gasteiger partial charge in [0.15, 0.2) is 0 Å². The second-order valence-electron chi connectivity index (χ2n) is 12.3. The van der Waals surface area contributed by atoms with E-state index in [1.165, 1.54) is 18.2 Å². The Morgan fingerprint density at radius 1 is 0.740 bits per heavy atom. The van der Waals surface area contributed by atoms with Gasteiger partial charge in [0, 0.05) is 6.07 Å². The summed E-state index contributed by atoms with van der Waals surface area (Å²) in [5, 5.41) is 31.3. The Morgan fingerprint density at radius 3 is 1.76 bits per heavy atom. The van der Waals surface area contributed by atoms with Gasteiger partial charge in [-0.2, -0.15) is 10.5 Å². The SMILES string of the molecule is CC(C)(C)OC(=O)N(Cc1ccc(-c2ccccc2C#N)cc1)c1c(C(=O)OCc2ccc(-c3ccccc3C#N)cc2)cccc1[N+](=O)[O-]. The number of carbonyl (C=O) groups excluding carboxylic acids is 2. The number of nitro groups is 1. The maximum atomic E-state index is 13.7. The van der Waals surface area contributed by atoms with Crippen LogP contribution in [-0.2, 0) is 22.6 Å². The predicted octanol–water partition coefficient (Wildman–Crippen LogP) is 8.97. The zero-order chi connectivity index (χ0) is 35.8. The molecule has 5 aromatic carbocycles. The first-order valence-corrected chi connectivity index (χ1v) is 15.6. The van der Waals surface area contributed by atoms with Crippen molar-refractivity contribution in [1.82, 2.24) is 0 Å². The Bertz CT molecular complexity index is 2140. The average molecular weight is 665 g/mol. The lowest BCUT2D eigenvalue weighted by Crippen LogP contribution is -2.37.